The van der Waals surface area contributed by atoms with E-state index in [0.717, 1.165) is 35.9 Å². The molecule has 3 heterocycles. The lowest BCUT2D eigenvalue weighted by Gasteiger charge is -2.33. The summed E-state index contributed by atoms with van der Waals surface area (Å²) in [7, 11) is 0. The summed E-state index contributed by atoms with van der Waals surface area (Å²) in [6, 6.07) is 7.43. The Morgan fingerprint density at radius 1 is 1.06 bits per heavy atom. The number of piperidine rings is 1. The molecular formula is C25H26F4N4O2. The number of pyridine rings is 1. The van der Waals surface area contributed by atoms with E-state index in [1.54, 1.807) is 22.9 Å². The minimum atomic E-state index is -4.18. The van der Waals surface area contributed by atoms with Crippen molar-refractivity contribution in [1.29, 1.82) is 0 Å². The maximum atomic E-state index is 13.6. The molecule has 2 aliphatic rings. The number of carboxylic acids is 1. The Labute approximate surface area is 199 Å². The van der Waals surface area contributed by atoms with Gasteiger partial charge in [0, 0.05) is 17.8 Å². The first-order chi connectivity index (χ1) is 16.7. The van der Waals surface area contributed by atoms with Crippen LogP contribution in [0, 0.1) is 5.82 Å². The first-order valence-electron chi connectivity index (χ1n) is 11.9. The smallest absolute Gasteiger partial charge is 0.390 e. The molecule has 10 heteroatoms. The summed E-state index contributed by atoms with van der Waals surface area (Å²) in [5.74, 6) is -1.32. The summed E-state index contributed by atoms with van der Waals surface area (Å²) >= 11 is 0. The van der Waals surface area contributed by atoms with Gasteiger partial charge in [0.15, 0.2) is 11.3 Å². The molecule has 0 bridgehead atoms. The van der Waals surface area contributed by atoms with Crippen LogP contribution >= 0.6 is 0 Å². The molecule has 35 heavy (non-hydrogen) atoms. The van der Waals surface area contributed by atoms with Gasteiger partial charge in [-0.05, 0) is 80.6 Å². The number of carbonyl (C=O) groups is 1. The second-order valence-corrected chi connectivity index (χ2v) is 9.48. The van der Waals surface area contributed by atoms with Gasteiger partial charge in [-0.25, -0.2) is 18.9 Å². The molecule has 0 unspecified atom stereocenters. The van der Waals surface area contributed by atoms with Crippen LogP contribution in [-0.4, -0.2) is 56.6 Å². The molecule has 6 nitrogen and oxygen atoms in total. The van der Waals surface area contributed by atoms with Crippen molar-refractivity contribution in [3.63, 3.8) is 0 Å². The Hall–Kier alpha value is -3.01. The number of likely N-dealkylation sites (tertiary alicyclic amines) is 1. The zero-order chi connectivity index (χ0) is 24.7. The van der Waals surface area contributed by atoms with Crippen LogP contribution in [0.1, 0.15) is 72.1 Å². The first kappa shape index (κ1) is 23.7. The quantitative estimate of drug-likeness (QED) is 0.452. The topological polar surface area (TPSA) is 71.2 Å². The first-order valence-corrected chi connectivity index (χ1v) is 11.9. The third kappa shape index (κ3) is 4.89. The highest BCUT2D eigenvalue weighted by molar-refractivity contribution is 5.92. The number of carboxylic acid groups (broad SMARTS) is 1. The number of aromatic nitrogens is 3. The maximum Gasteiger partial charge on any atom is 0.390 e. The van der Waals surface area contributed by atoms with E-state index in [1.165, 1.54) is 12.1 Å². The lowest BCUT2D eigenvalue weighted by Crippen LogP contribution is -2.35. The molecule has 2 aromatic heterocycles. The summed E-state index contributed by atoms with van der Waals surface area (Å²) in [4.78, 5) is 18.2. The second-order valence-electron chi connectivity index (χ2n) is 9.48. The fourth-order valence-electron chi connectivity index (χ4n) is 5.09. The Balaban J connectivity index is 1.55. The summed E-state index contributed by atoms with van der Waals surface area (Å²) in [5.41, 5.74) is 2.63. The van der Waals surface area contributed by atoms with E-state index in [9.17, 15) is 27.5 Å². The van der Waals surface area contributed by atoms with E-state index in [0.29, 0.717) is 37.3 Å². The molecule has 0 spiro atoms. The highest BCUT2D eigenvalue weighted by atomic mass is 19.4. The number of fused-ring (bicyclic) bond motifs is 1. The molecule has 0 atom stereocenters. The van der Waals surface area contributed by atoms with Gasteiger partial charge in [-0.15, -0.1) is 0 Å². The second kappa shape index (κ2) is 9.22. The number of alkyl halides is 3. The molecule has 0 amide bonds. The third-order valence-corrected chi connectivity index (χ3v) is 7.22. The molecule has 0 radical (unpaired) electrons. The summed E-state index contributed by atoms with van der Waals surface area (Å²) in [5, 5.41) is 15.4. The van der Waals surface area contributed by atoms with Crippen LogP contribution in [0.3, 0.4) is 0 Å². The van der Waals surface area contributed by atoms with Crippen molar-refractivity contribution >= 4 is 17.0 Å². The molecule has 1 aliphatic heterocycles. The van der Waals surface area contributed by atoms with Crippen molar-refractivity contribution in [2.24, 2.45) is 0 Å². The standard InChI is InChI=1S/C25H26F4N4O2/c26-17-4-6-18(7-5-17)33-23-21(22(31-33)16-2-1-3-16)19(14-20(30-23)24(34)35)15-8-11-32(12-9-15)13-10-25(27,28)29/h4-7,14-16H,1-3,8-13H2,(H,34,35). The number of hydrogen-bond acceptors (Lipinski definition) is 4. The van der Waals surface area contributed by atoms with E-state index >= 15 is 0 Å². The van der Waals surface area contributed by atoms with E-state index in [1.807, 2.05) is 4.90 Å². The van der Waals surface area contributed by atoms with Gasteiger partial charge in [0.25, 0.3) is 0 Å². The lowest BCUT2D eigenvalue weighted by atomic mass is 9.79. The van der Waals surface area contributed by atoms with Crippen molar-refractivity contribution in [1.82, 2.24) is 19.7 Å². The molecule has 1 saturated carbocycles. The number of aromatic carboxylic acids is 1. The minimum absolute atomic E-state index is 0.00886. The largest absolute Gasteiger partial charge is 0.477 e. The van der Waals surface area contributed by atoms with Crippen molar-refractivity contribution < 1.29 is 27.5 Å². The van der Waals surface area contributed by atoms with Gasteiger partial charge in [0.2, 0.25) is 0 Å². The number of nitrogens with zero attached hydrogens (tertiary/aromatic N) is 4. The van der Waals surface area contributed by atoms with Gasteiger partial charge in [-0.2, -0.15) is 18.3 Å². The molecule has 1 aliphatic carbocycles. The van der Waals surface area contributed by atoms with Gasteiger partial charge >= 0.3 is 12.1 Å². The Bertz CT molecular complexity index is 1230. The molecule has 3 aromatic rings. The van der Waals surface area contributed by atoms with Crippen molar-refractivity contribution in [3.8, 4) is 5.69 Å². The summed E-state index contributed by atoms with van der Waals surface area (Å²) < 4.78 is 53.1. The van der Waals surface area contributed by atoms with Crippen LogP contribution in [0.4, 0.5) is 17.6 Å². The predicted molar refractivity (Wildman–Crippen MR) is 121 cm³/mol. The molecular weight excluding hydrogens is 464 g/mol. The zero-order valence-corrected chi connectivity index (χ0v) is 19.1. The average molecular weight is 491 g/mol. The van der Waals surface area contributed by atoms with E-state index in [2.05, 4.69) is 4.98 Å². The molecule has 1 aromatic carbocycles. The monoisotopic (exact) mass is 490 g/mol. The highest BCUT2D eigenvalue weighted by Gasteiger charge is 2.33. The van der Waals surface area contributed by atoms with Crippen molar-refractivity contribution in [2.75, 3.05) is 19.6 Å². The Morgan fingerprint density at radius 3 is 2.31 bits per heavy atom. The van der Waals surface area contributed by atoms with Crippen LogP contribution in [0.15, 0.2) is 30.3 Å². The van der Waals surface area contributed by atoms with Gasteiger partial charge < -0.3 is 10.0 Å². The normalized spacial score (nSPS) is 18.2. The molecule has 1 N–H and O–H groups in total. The van der Waals surface area contributed by atoms with Crippen molar-refractivity contribution in [3.05, 3.63) is 53.1 Å². The minimum Gasteiger partial charge on any atom is -0.477 e. The van der Waals surface area contributed by atoms with Gasteiger partial charge in [0.05, 0.1) is 17.8 Å². The molecule has 2 fully saturated rings. The Morgan fingerprint density at radius 2 is 1.74 bits per heavy atom. The SMILES string of the molecule is O=C(O)c1cc(C2CCN(CCC(F)(F)F)CC2)c2c(C3CCC3)nn(-c3ccc(F)cc3)c2n1. The third-order valence-electron chi connectivity index (χ3n) is 7.22. The number of halogens is 4. The average Bonchev–Trinajstić information content (AvgIpc) is 3.15. The van der Waals surface area contributed by atoms with Gasteiger partial charge in [-0.1, -0.05) is 6.42 Å². The van der Waals surface area contributed by atoms with Gasteiger partial charge in [0.1, 0.15) is 5.82 Å². The Kier molecular flexibility index (Phi) is 6.25. The van der Waals surface area contributed by atoms with E-state index < -0.39 is 18.6 Å². The number of rotatable bonds is 6. The van der Waals surface area contributed by atoms with Crippen LogP contribution in [0.2, 0.25) is 0 Å². The van der Waals surface area contributed by atoms with E-state index in [-0.39, 0.29) is 29.9 Å². The van der Waals surface area contributed by atoms with Crippen LogP contribution < -0.4 is 0 Å². The molecule has 186 valence electrons. The zero-order valence-electron chi connectivity index (χ0n) is 19.1. The highest BCUT2D eigenvalue weighted by Crippen LogP contribution is 2.43. The van der Waals surface area contributed by atoms with Gasteiger partial charge in [-0.3, -0.25) is 0 Å². The maximum absolute atomic E-state index is 13.6. The van der Waals surface area contributed by atoms with Crippen LogP contribution in [0.25, 0.3) is 16.7 Å². The number of benzene rings is 1. The van der Waals surface area contributed by atoms with Crippen molar-refractivity contribution in [2.45, 2.75) is 56.5 Å². The molecule has 5 rings (SSSR count). The predicted octanol–water partition coefficient (Wildman–Crippen LogP) is 5.66. The number of hydrogen-bond donors (Lipinski definition) is 1. The van der Waals surface area contributed by atoms with E-state index in [4.69, 9.17) is 5.10 Å². The molecule has 1 saturated heterocycles. The van der Waals surface area contributed by atoms with Crippen LogP contribution in [0.5, 0.6) is 0 Å². The summed E-state index contributed by atoms with van der Waals surface area (Å²) in [6.45, 7) is 0.994. The fourth-order valence-corrected chi connectivity index (χ4v) is 5.09. The fraction of sp³-hybridized carbons (Fsp3) is 0.480. The summed E-state index contributed by atoms with van der Waals surface area (Å²) in [6.07, 6.45) is -0.725. The van der Waals surface area contributed by atoms with Crippen LogP contribution in [-0.2, 0) is 0 Å². The lowest BCUT2D eigenvalue weighted by molar-refractivity contribution is -0.138.